The average Bonchev–Trinajstić information content (AvgIpc) is 2.68. The van der Waals surface area contributed by atoms with Crippen molar-refractivity contribution < 1.29 is 0 Å². The minimum Gasteiger partial charge on any atom is -0.312 e. The third kappa shape index (κ3) is 5.71. The maximum atomic E-state index is 3.87. The van der Waals surface area contributed by atoms with Gasteiger partial charge in [-0.2, -0.15) is 0 Å². The number of hydrogen-bond donors (Lipinski definition) is 1. The lowest BCUT2D eigenvalue weighted by Gasteiger charge is -2.33. The second kappa shape index (κ2) is 9.75. The van der Waals surface area contributed by atoms with Crippen molar-refractivity contribution in [2.75, 3.05) is 40.3 Å². The van der Waals surface area contributed by atoms with Gasteiger partial charge >= 0.3 is 0 Å². The van der Waals surface area contributed by atoms with Crippen LogP contribution in [0.1, 0.15) is 52.9 Å². The molecule has 1 rings (SSSR count). The molecule has 0 aromatic heterocycles. The van der Waals surface area contributed by atoms with Gasteiger partial charge in [0, 0.05) is 18.6 Å². The minimum atomic E-state index is 0.676. The lowest BCUT2D eigenvalue weighted by atomic mass is 9.93. The van der Waals surface area contributed by atoms with Crippen molar-refractivity contribution in [2.45, 2.75) is 65.0 Å². The van der Waals surface area contributed by atoms with E-state index >= 15 is 0 Å². The van der Waals surface area contributed by atoms with E-state index in [1.54, 1.807) is 0 Å². The first-order valence-electron chi connectivity index (χ1n) is 8.74. The van der Waals surface area contributed by atoms with Crippen molar-refractivity contribution in [1.29, 1.82) is 0 Å². The van der Waals surface area contributed by atoms with Crippen molar-refractivity contribution >= 4 is 0 Å². The van der Waals surface area contributed by atoms with Crippen molar-refractivity contribution in [3.8, 4) is 0 Å². The van der Waals surface area contributed by atoms with Gasteiger partial charge in [-0.05, 0) is 58.9 Å². The number of hydrogen-bond acceptors (Lipinski definition) is 3. The Labute approximate surface area is 127 Å². The van der Waals surface area contributed by atoms with Crippen molar-refractivity contribution in [3.05, 3.63) is 0 Å². The number of nitrogens with zero attached hydrogens (tertiary/aromatic N) is 2. The molecule has 1 aliphatic rings. The summed E-state index contributed by atoms with van der Waals surface area (Å²) in [6.45, 7) is 11.9. The van der Waals surface area contributed by atoms with E-state index in [1.165, 1.54) is 51.7 Å². The summed E-state index contributed by atoms with van der Waals surface area (Å²) in [6.07, 6.45) is 6.59. The molecule has 0 spiro atoms. The molecule has 120 valence electrons. The van der Waals surface area contributed by atoms with Crippen molar-refractivity contribution in [2.24, 2.45) is 5.92 Å². The fourth-order valence-corrected chi connectivity index (χ4v) is 3.57. The molecule has 0 aromatic carbocycles. The molecule has 1 aliphatic heterocycles. The molecule has 0 amide bonds. The van der Waals surface area contributed by atoms with Gasteiger partial charge in [0.05, 0.1) is 0 Å². The Morgan fingerprint density at radius 2 is 1.80 bits per heavy atom. The fraction of sp³-hybridized carbons (Fsp3) is 1.00. The smallest absolute Gasteiger partial charge is 0.0242 e. The van der Waals surface area contributed by atoms with Crippen LogP contribution >= 0.6 is 0 Å². The average molecular weight is 284 g/mol. The van der Waals surface area contributed by atoms with E-state index in [2.05, 4.69) is 50.0 Å². The third-order valence-electron chi connectivity index (χ3n) is 5.14. The van der Waals surface area contributed by atoms with Crippen LogP contribution in [0.4, 0.5) is 0 Å². The highest BCUT2D eigenvalue weighted by Gasteiger charge is 2.22. The Morgan fingerprint density at radius 3 is 2.35 bits per heavy atom. The summed E-state index contributed by atoms with van der Waals surface area (Å²) in [7, 11) is 4.47. The van der Waals surface area contributed by atoms with Gasteiger partial charge in [-0.1, -0.05) is 33.6 Å². The highest BCUT2D eigenvalue weighted by molar-refractivity contribution is 4.81. The van der Waals surface area contributed by atoms with Crippen LogP contribution in [-0.2, 0) is 0 Å². The summed E-state index contributed by atoms with van der Waals surface area (Å²) in [5, 5.41) is 3.87. The highest BCUT2D eigenvalue weighted by atomic mass is 15.1. The Bertz CT molecular complexity index is 238. The first-order chi connectivity index (χ1) is 9.62. The second-order valence-electron chi connectivity index (χ2n) is 6.58. The molecule has 20 heavy (non-hydrogen) atoms. The zero-order valence-corrected chi connectivity index (χ0v) is 14.5. The third-order valence-corrected chi connectivity index (χ3v) is 5.14. The molecule has 3 heteroatoms. The van der Waals surface area contributed by atoms with E-state index in [-0.39, 0.29) is 0 Å². The number of nitrogens with one attached hydrogen (secondary N) is 1. The SMILES string of the molecule is CCC(CC)C(CNC1CCCN(CC)CC1)N(C)C. The Balaban J connectivity index is 2.42. The lowest BCUT2D eigenvalue weighted by molar-refractivity contribution is 0.187. The van der Waals surface area contributed by atoms with E-state index in [4.69, 9.17) is 0 Å². The zero-order valence-electron chi connectivity index (χ0n) is 14.5. The molecule has 1 N–H and O–H groups in total. The van der Waals surface area contributed by atoms with E-state index in [0.717, 1.165) is 18.5 Å². The van der Waals surface area contributed by atoms with Crippen LogP contribution in [-0.4, -0.2) is 62.2 Å². The van der Waals surface area contributed by atoms with Crippen LogP contribution in [0.2, 0.25) is 0 Å². The van der Waals surface area contributed by atoms with Crippen molar-refractivity contribution in [1.82, 2.24) is 15.1 Å². The molecular weight excluding hydrogens is 246 g/mol. The fourth-order valence-electron chi connectivity index (χ4n) is 3.57. The molecule has 2 unspecified atom stereocenters. The van der Waals surface area contributed by atoms with Crippen LogP contribution in [0.3, 0.4) is 0 Å². The molecule has 0 radical (unpaired) electrons. The zero-order chi connectivity index (χ0) is 15.0. The molecule has 3 nitrogen and oxygen atoms in total. The summed E-state index contributed by atoms with van der Waals surface area (Å²) in [6, 6.07) is 1.40. The maximum Gasteiger partial charge on any atom is 0.0242 e. The van der Waals surface area contributed by atoms with Gasteiger partial charge in [-0.3, -0.25) is 0 Å². The van der Waals surface area contributed by atoms with Gasteiger partial charge in [0.25, 0.3) is 0 Å². The topological polar surface area (TPSA) is 18.5 Å². The summed E-state index contributed by atoms with van der Waals surface area (Å²) < 4.78 is 0. The standard InChI is InChI=1S/C17H37N3/c1-6-15(7-2)17(19(4)5)14-18-16-10-9-12-20(8-3)13-11-16/h15-18H,6-14H2,1-5H3. The van der Waals surface area contributed by atoms with E-state index in [9.17, 15) is 0 Å². The molecule has 1 saturated heterocycles. The second-order valence-corrected chi connectivity index (χ2v) is 6.58. The Morgan fingerprint density at radius 1 is 1.10 bits per heavy atom. The largest absolute Gasteiger partial charge is 0.312 e. The maximum absolute atomic E-state index is 3.87. The van der Waals surface area contributed by atoms with Crippen LogP contribution in [0.5, 0.6) is 0 Å². The van der Waals surface area contributed by atoms with E-state index < -0.39 is 0 Å². The first-order valence-corrected chi connectivity index (χ1v) is 8.74. The van der Waals surface area contributed by atoms with Crippen LogP contribution in [0.25, 0.3) is 0 Å². The van der Waals surface area contributed by atoms with E-state index in [1.807, 2.05) is 0 Å². The van der Waals surface area contributed by atoms with Crippen LogP contribution in [0, 0.1) is 5.92 Å². The minimum absolute atomic E-state index is 0.676. The summed E-state index contributed by atoms with van der Waals surface area (Å²) >= 11 is 0. The number of likely N-dealkylation sites (N-methyl/N-ethyl adjacent to an activating group) is 1. The van der Waals surface area contributed by atoms with Crippen LogP contribution in [0.15, 0.2) is 0 Å². The number of rotatable bonds is 8. The molecular formula is C17H37N3. The molecule has 0 aromatic rings. The first kappa shape index (κ1) is 17.9. The summed E-state index contributed by atoms with van der Waals surface area (Å²) in [5.41, 5.74) is 0. The van der Waals surface area contributed by atoms with Gasteiger partial charge in [0.1, 0.15) is 0 Å². The van der Waals surface area contributed by atoms with Gasteiger partial charge < -0.3 is 15.1 Å². The van der Waals surface area contributed by atoms with Gasteiger partial charge in [-0.15, -0.1) is 0 Å². The highest BCUT2D eigenvalue weighted by Crippen LogP contribution is 2.17. The normalized spacial score (nSPS) is 23.2. The quantitative estimate of drug-likeness (QED) is 0.739. The van der Waals surface area contributed by atoms with Gasteiger partial charge in [-0.25, -0.2) is 0 Å². The predicted octanol–water partition coefficient (Wildman–Crippen LogP) is 2.82. The molecule has 0 saturated carbocycles. The predicted molar refractivity (Wildman–Crippen MR) is 89.3 cm³/mol. The molecule has 1 heterocycles. The lowest BCUT2D eigenvalue weighted by Crippen LogP contribution is -2.46. The van der Waals surface area contributed by atoms with Gasteiger partial charge in [0.2, 0.25) is 0 Å². The molecule has 2 atom stereocenters. The van der Waals surface area contributed by atoms with Crippen molar-refractivity contribution in [3.63, 3.8) is 0 Å². The molecule has 1 fully saturated rings. The Hall–Kier alpha value is -0.120. The summed E-state index contributed by atoms with van der Waals surface area (Å²) in [5.74, 6) is 0.815. The summed E-state index contributed by atoms with van der Waals surface area (Å²) in [4.78, 5) is 5.01. The van der Waals surface area contributed by atoms with E-state index in [0.29, 0.717) is 6.04 Å². The molecule has 0 bridgehead atoms. The Kier molecular flexibility index (Phi) is 8.74. The molecule has 0 aliphatic carbocycles. The van der Waals surface area contributed by atoms with Gasteiger partial charge in [0.15, 0.2) is 0 Å². The van der Waals surface area contributed by atoms with Crippen LogP contribution < -0.4 is 5.32 Å². The monoisotopic (exact) mass is 283 g/mol. The number of likely N-dealkylation sites (tertiary alicyclic amines) is 1.